The van der Waals surface area contributed by atoms with Gasteiger partial charge in [0.05, 0.1) is 19.1 Å². The van der Waals surface area contributed by atoms with Crippen molar-refractivity contribution in [1.29, 1.82) is 0 Å². The van der Waals surface area contributed by atoms with Crippen LogP contribution in [0.1, 0.15) is 64.2 Å². The molecular formula is C22H32O4. The van der Waals surface area contributed by atoms with Crippen molar-refractivity contribution < 1.29 is 19.7 Å². The largest absolute Gasteiger partial charge is 0.469 e. The zero-order chi connectivity index (χ0) is 18.5. The molecule has 3 aliphatic carbocycles. The number of aliphatic hydroxyl groups excluding tert-OH is 2. The maximum absolute atomic E-state index is 11.2. The van der Waals surface area contributed by atoms with Crippen LogP contribution in [0.25, 0.3) is 0 Å². The predicted octanol–water partition coefficient (Wildman–Crippen LogP) is 3.22. The summed E-state index contributed by atoms with van der Waals surface area (Å²) in [4.78, 5) is 11.2. The van der Waals surface area contributed by atoms with E-state index < -0.39 is 6.10 Å². The molecule has 3 rings (SSSR count). The Hall–Kier alpha value is -1.31. The van der Waals surface area contributed by atoms with Gasteiger partial charge in [0.2, 0.25) is 0 Å². The summed E-state index contributed by atoms with van der Waals surface area (Å²) in [7, 11) is 1.42. The number of ether oxygens (including phenoxy) is 1. The van der Waals surface area contributed by atoms with Crippen LogP contribution in [0.5, 0.6) is 0 Å². The van der Waals surface area contributed by atoms with Gasteiger partial charge in [-0.15, -0.1) is 0 Å². The summed E-state index contributed by atoms with van der Waals surface area (Å²) in [6.07, 6.45) is 10.9. The van der Waals surface area contributed by atoms with E-state index in [4.69, 9.17) is 0 Å². The van der Waals surface area contributed by atoms with Crippen molar-refractivity contribution in [2.24, 2.45) is 23.7 Å². The highest BCUT2D eigenvalue weighted by molar-refractivity contribution is 5.69. The van der Waals surface area contributed by atoms with Crippen LogP contribution in [0, 0.1) is 35.5 Å². The SMILES string of the molecule is COC(=O)CC/C=C1/C[C@@H]2[C@@H](C#CC(O)C3CCCCC3)[C@H](O)CC[C@H]12. The number of allylic oxidation sites excluding steroid dienone is 2. The Morgan fingerprint density at radius 1 is 1.27 bits per heavy atom. The second kappa shape index (κ2) is 9.06. The Balaban J connectivity index is 1.56. The van der Waals surface area contributed by atoms with Gasteiger partial charge in [-0.1, -0.05) is 42.8 Å². The quantitative estimate of drug-likeness (QED) is 0.459. The minimum Gasteiger partial charge on any atom is -0.469 e. The maximum Gasteiger partial charge on any atom is 0.305 e. The van der Waals surface area contributed by atoms with Gasteiger partial charge in [-0.2, -0.15) is 0 Å². The van der Waals surface area contributed by atoms with E-state index in [1.807, 2.05) is 0 Å². The molecule has 144 valence electrons. The Labute approximate surface area is 157 Å². The summed E-state index contributed by atoms with van der Waals surface area (Å²) >= 11 is 0. The molecule has 0 heterocycles. The molecule has 26 heavy (non-hydrogen) atoms. The molecule has 3 aliphatic rings. The molecule has 5 atom stereocenters. The normalized spacial score (nSPS) is 34.2. The average molecular weight is 360 g/mol. The third kappa shape index (κ3) is 4.50. The topological polar surface area (TPSA) is 66.8 Å². The Morgan fingerprint density at radius 2 is 2.04 bits per heavy atom. The molecule has 0 amide bonds. The second-order valence-corrected chi connectivity index (χ2v) is 8.17. The molecule has 4 nitrogen and oxygen atoms in total. The van der Waals surface area contributed by atoms with Gasteiger partial charge in [0.15, 0.2) is 0 Å². The lowest BCUT2D eigenvalue weighted by atomic mass is 9.57. The van der Waals surface area contributed by atoms with Crippen molar-refractivity contribution >= 4 is 5.97 Å². The van der Waals surface area contributed by atoms with E-state index in [9.17, 15) is 15.0 Å². The fourth-order valence-electron chi connectivity index (χ4n) is 4.94. The van der Waals surface area contributed by atoms with Crippen LogP contribution < -0.4 is 0 Å². The van der Waals surface area contributed by atoms with Crippen LogP contribution in [0.3, 0.4) is 0 Å². The van der Waals surface area contributed by atoms with Crippen molar-refractivity contribution in [3.05, 3.63) is 11.6 Å². The Morgan fingerprint density at radius 3 is 2.77 bits per heavy atom. The molecule has 0 spiro atoms. The van der Waals surface area contributed by atoms with Crippen molar-refractivity contribution in [2.45, 2.75) is 76.4 Å². The maximum atomic E-state index is 11.2. The van der Waals surface area contributed by atoms with Crippen molar-refractivity contribution in [3.63, 3.8) is 0 Å². The first-order valence-corrected chi connectivity index (χ1v) is 10.2. The van der Waals surface area contributed by atoms with Gasteiger partial charge in [0.1, 0.15) is 6.10 Å². The molecule has 0 aromatic rings. The zero-order valence-electron chi connectivity index (χ0n) is 15.8. The smallest absolute Gasteiger partial charge is 0.305 e. The molecule has 0 saturated heterocycles. The lowest BCUT2D eigenvalue weighted by Gasteiger charge is -2.48. The van der Waals surface area contributed by atoms with Crippen LogP contribution in [-0.4, -0.2) is 35.5 Å². The molecule has 4 heteroatoms. The zero-order valence-corrected chi connectivity index (χ0v) is 15.8. The summed E-state index contributed by atoms with van der Waals surface area (Å²) in [6.45, 7) is 0. The van der Waals surface area contributed by atoms with Crippen molar-refractivity contribution in [3.8, 4) is 11.8 Å². The van der Waals surface area contributed by atoms with Crippen LogP contribution in [0.15, 0.2) is 11.6 Å². The lowest BCUT2D eigenvalue weighted by Crippen LogP contribution is -2.44. The molecule has 0 aromatic carbocycles. The second-order valence-electron chi connectivity index (χ2n) is 8.17. The van der Waals surface area contributed by atoms with Crippen LogP contribution >= 0.6 is 0 Å². The third-order valence-electron chi connectivity index (χ3n) is 6.59. The standard InChI is InChI=1S/C22H32O4/c1-26-22(25)9-5-8-16-14-19-17(16)10-13-21(24)18(19)11-12-20(23)15-6-3-2-4-7-15/h8,15,17-21,23-24H,2-7,9-10,13-14H2,1H3/b16-8-/t17-,18-,19+,20?,21-/m1/s1. The molecule has 2 N–H and O–H groups in total. The lowest BCUT2D eigenvalue weighted by molar-refractivity contribution is -0.140. The number of carbonyl (C=O) groups is 1. The third-order valence-corrected chi connectivity index (χ3v) is 6.59. The van der Waals surface area contributed by atoms with Gasteiger partial charge in [-0.25, -0.2) is 0 Å². The number of rotatable bonds is 4. The molecule has 0 aromatic heterocycles. The van der Waals surface area contributed by atoms with E-state index >= 15 is 0 Å². The number of fused-ring (bicyclic) bond motifs is 1. The number of aliphatic hydroxyl groups is 2. The van der Waals surface area contributed by atoms with Crippen LogP contribution in [-0.2, 0) is 9.53 Å². The number of methoxy groups -OCH3 is 1. The molecule has 0 radical (unpaired) electrons. The van der Waals surface area contributed by atoms with Gasteiger partial charge in [-0.3, -0.25) is 4.79 Å². The van der Waals surface area contributed by atoms with E-state index in [0.717, 1.165) is 38.5 Å². The fraction of sp³-hybridized carbons (Fsp3) is 0.773. The van der Waals surface area contributed by atoms with Crippen molar-refractivity contribution in [1.82, 2.24) is 0 Å². The number of carbonyl (C=O) groups excluding carboxylic acids is 1. The van der Waals surface area contributed by atoms with E-state index in [2.05, 4.69) is 22.7 Å². The first-order chi connectivity index (χ1) is 12.6. The van der Waals surface area contributed by atoms with Gasteiger partial charge >= 0.3 is 5.97 Å². The van der Waals surface area contributed by atoms with Crippen molar-refractivity contribution in [2.75, 3.05) is 7.11 Å². The first-order valence-electron chi connectivity index (χ1n) is 10.2. The fourth-order valence-corrected chi connectivity index (χ4v) is 4.94. The molecule has 0 aliphatic heterocycles. The summed E-state index contributed by atoms with van der Waals surface area (Å²) in [5.41, 5.74) is 1.41. The highest BCUT2D eigenvalue weighted by Gasteiger charge is 2.46. The molecule has 0 bridgehead atoms. The van der Waals surface area contributed by atoms with Crippen LogP contribution in [0.2, 0.25) is 0 Å². The molecule has 3 saturated carbocycles. The van der Waals surface area contributed by atoms with Crippen LogP contribution in [0.4, 0.5) is 0 Å². The summed E-state index contributed by atoms with van der Waals surface area (Å²) in [6, 6.07) is 0. The Bertz CT molecular complexity index is 579. The highest BCUT2D eigenvalue weighted by Crippen LogP contribution is 2.51. The molecular weight excluding hydrogens is 328 g/mol. The van der Waals surface area contributed by atoms with Gasteiger partial charge in [0.25, 0.3) is 0 Å². The minimum atomic E-state index is -0.543. The van der Waals surface area contributed by atoms with Gasteiger partial charge in [-0.05, 0) is 56.3 Å². The summed E-state index contributed by atoms with van der Waals surface area (Å²) < 4.78 is 4.68. The molecule has 3 fully saturated rings. The summed E-state index contributed by atoms with van der Waals surface area (Å²) in [5, 5.41) is 20.8. The number of hydrogen-bond acceptors (Lipinski definition) is 4. The van der Waals surface area contributed by atoms with Gasteiger partial charge < -0.3 is 14.9 Å². The van der Waals surface area contributed by atoms with E-state index in [1.54, 1.807) is 0 Å². The van der Waals surface area contributed by atoms with E-state index in [0.29, 0.717) is 24.2 Å². The van der Waals surface area contributed by atoms with E-state index in [-0.39, 0.29) is 18.0 Å². The average Bonchev–Trinajstić information content (AvgIpc) is 2.65. The summed E-state index contributed by atoms with van der Waals surface area (Å²) in [5.74, 6) is 7.34. The van der Waals surface area contributed by atoms with Gasteiger partial charge in [0, 0.05) is 6.42 Å². The predicted molar refractivity (Wildman–Crippen MR) is 100 cm³/mol. The highest BCUT2D eigenvalue weighted by atomic mass is 16.5. The first kappa shape index (κ1) is 19.5. The molecule has 1 unspecified atom stereocenters. The minimum absolute atomic E-state index is 0.0234. The Kier molecular flexibility index (Phi) is 6.78. The monoisotopic (exact) mass is 360 g/mol. The number of esters is 1. The number of hydrogen-bond donors (Lipinski definition) is 2. The van der Waals surface area contributed by atoms with E-state index in [1.165, 1.54) is 31.9 Å².